The highest BCUT2D eigenvalue weighted by Crippen LogP contribution is 2.26. The number of para-hydroxylation sites is 2. The van der Waals surface area contributed by atoms with Crippen LogP contribution in [-0.2, 0) is 14.8 Å². The maximum atomic E-state index is 13.5. The van der Waals surface area contributed by atoms with E-state index in [2.05, 4.69) is 10.6 Å². The number of hydrogen-bond acceptors (Lipinski definition) is 6. The molecular weight excluding hydrogens is 480 g/mol. The third-order valence-corrected chi connectivity index (χ3v) is 7.21. The van der Waals surface area contributed by atoms with Gasteiger partial charge in [-0.05, 0) is 61.5 Å². The van der Waals surface area contributed by atoms with E-state index in [1.165, 1.54) is 24.3 Å². The summed E-state index contributed by atoms with van der Waals surface area (Å²) in [7, 11) is -4.13. The first-order chi connectivity index (χ1) is 17.4. The Balaban J connectivity index is 1.47. The Labute approximate surface area is 210 Å². The Bertz CT molecular complexity index is 1260. The van der Waals surface area contributed by atoms with E-state index in [4.69, 9.17) is 4.84 Å². The largest absolute Gasteiger partial charge is 0.364 e. The molecule has 188 valence electrons. The number of sulfonamides is 1. The molecule has 9 nitrogen and oxygen atoms in total. The minimum atomic E-state index is -4.13. The molecule has 3 aromatic rings. The van der Waals surface area contributed by atoms with E-state index in [1.807, 2.05) is 0 Å². The van der Waals surface area contributed by atoms with Gasteiger partial charge in [0.2, 0.25) is 5.91 Å². The molecule has 1 aliphatic heterocycles. The van der Waals surface area contributed by atoms with Gasteiger partial charge in [-0.3, -0.25) is 9.59 Å². The van der Waals surface area contributed by atoms with Crippen LogP contribution >= 0.6 is 0 Å². The average Bonchev–Trinajstić information content (AvgIpc) is 3.21. The first kappa shape index (κ1) is 25.2. The average molecular weight is 509 g/mol. The van der Waals surface area contributed by atoms with Crippen molar-refractivity contribution in [3.05, 3.63) is 90.5 Å². The lowest BCUT2D eigenvalue weighted by molar-refractivity contribution is -0.129. The van der Waals surface area contributed by atoms with Crippen molar-refractivity contribution in [1.29, 1.82) is 0 Å². The molecule has 2 N–H and O–H groups in total. The monoisotopic (exact) mass is 508 g/mol. The number of anilines is 1. The van der Waals surface area contributed by atoms with E-state index < -0.39 is 15.9 Å². The molecule has 0 aliphatic carbocycles. The molecule has 2 amide bonds. The number of carbonyl (C=O) groups is 2. The predicted octanol–water partition coefficient (Wildman–Crippen LogP) is 2.43. The van der Waals surface area contributed by atoms with Crippen molar-refractivity contribution in [2.24, 2.45) is 0 Å². The zero-order valence-corrected chi connectivity index (χ0v) is 20.5. The van der Waals surface area contributed by atoms with Crippen LogP contribution in [0.1, 0.15) is 16.8 Å². The van der Waals surface area contributed by atoms with Gasteiger partial charge in [-0.25, -0.2) is 0 Å². The molecule has 1 aliphatic rings. The van der Waals surface area contributed by atoms with Crippen LogP contribution in [0.25, 0.3) is 0 Å². The molecular formula is C26H28N4O5S. The molecule has 1 fully saturated rings. The molecule has 0 atom stereocenters. The van der Waals surface area contributed by atoms with Crippen LogP contribution in [0.2, 0.25) is 0 Å². The quantitative estimate of drug-likeness (QED) is 0.453. The van der Waals surface area contributed by atoms with Gasteiger partial charge in [-0.1, -0.05) is 40.9 Å². The minimum Gasteiger partial charge on any atom is -0.364 e. The molecule has 0 saturated carbocycles. The van der Waals surface area contributed by atoms with E-state index in [0.29, 0.717) is 24.5 Å². The maximum Gasteiger partial charge on any atom is 0.295 e. The van der Waals surface area contributed by atoms with Crippen molar-refractivity contribution < 1.29 is 22.8 Å². The summed E-state index contributed by atoms with van der Waals surface area (Å²) >= 11 is 0. The van der Waals surface area contributed by atoms with Crippen molar-refractivity contribution in [3.63, 3.8) is 0 Å². The Morgan fingerprint density at radius 1 is 0.889 bits per heavy atom. The highest BCUT2D eigenvalue weighted by Gasteiger charge is 2.28. The van der Waals surface area contributed by atoms with Gasteiger partial charge in [-0.2, -0.15) is 8.42 Å². The number of nitrogens with zero attached hydrogens (tertiary/aromatic N) is 2. The number of amides is 2. The highest BCUT2D eigenvalue weighted by atomic mass is 32.2. The zero-order valence-electron chi connectivity index (χ0n) is 19.7. The molecule has 0 unspecified atom stereocenters. The molecule has 10 heteroatoms. The third-order valence-electron chi connectivity index (χ3n) is 5.62. The molecule has 0 radical (unpaired) electrons. The molecule has 0 bridgehead atoms. The summed E-state index contributed by atoms with van der Waals surface area (Å²) in [6.07, 6.45) is 0.865. The van der Waals surface area contributed by atoms with E-state index in [0.717, 1.165) is 24.0 Å². The lowest BCUT2D eigenvalue weighted by atomic mass is 10.2. The molecule has 3 aromatic carbocycles. The molecule has 1 heterocycles. The lowest BCUT2D eigenvalue weighted by Gasteiger charge is -2.24. The van der Waals surface area contributed by atoms with Crippen LogP contribution in [-0.4, -0.2) is 57.9 Å². The van der Waals surface area contributed by atoms with Crippen LogP contribution in [0.3, 0.4) is 0 Å². The predicted molar refractivity (Wildman–Crippen MR) is 136 cm³/mol. The maximum absolute atomic E-state index is 13.5. The fourth-order valence-corrected chi connectivity index (χ4v) is 4.96. The van der Waals surface area contributed by atoms with E-state index >= 15 is 0 Å². The SMILES string of the molecule is O=C(NCC(=O)N1CCCNCC1)c1ccc(S(=O)(=O)N(Oc2ccccc2)c2ccccc2)cc1. The first-order valence-electron chi connectivity index (χ1n) is 11.7. The molecule has 0 aromatic heterocycles. The topological polar surface area (TPSA) is 108 Å². The summed E-state index contributed by atoms with van der Waals surface area (Å²) in [4.78, 5) is 32.4. The van der Waals surface area contributed by atoms with Gasteiger partial charge in [0.25, 0.3) is 15.9 Å². The van der Waals surface area contributed by atoms with Crippen molar-refractivity contribution >= 4 is 27.5 Å². The van der Waals surface area contributed by atoms with Gasteiger partial charge in [0.15, 0.2) is 5.75 Å². The van der Waals surface area contributed by atoms with Gasteiger partial charge in [-0.15, -0.1) is 0 Å². The van der Waals surface area contributed by atoms with Gasteiger partial charge in [0.05, 0.1) is 17.1 Å². The molecule has 1 saturated heterocycles. The summed E-state index contributed by atoms with van der Waals surface area (Å²) in [6.45, 7) is 2.72. The Morgan fingerprint density at radius 2 is 1.56 bits per heavy atom. The van der Waals surface area contributed by atoms with Crippen LogP contribution in [0, 0.1) is 0 Å². The summed E-state index contributed by atoms with van der Waals surface area (Å²) in [5.74, 6) is -0.255. The smallest absolute Gasteiger partial charge is 0.295 e. The van der Waals surface area contributed by atoms with Crippen molar-refractivity contribution in [1.82, 2.24) is 15.5 Å². The fourth-order valence-electron chi connectivity index (χ4n) is 3.71. The lowest BCUT2D eigenvalue weighted by Crippen LogP contribution is -2.41. The fraction of sp³-hybridized carbons (Fsp3) is 0.231. The zero-order chi connectivity index (χ0) is 25.4. The summed E-state index contributed by atoms with van der Waals surface area (Å²) < 4.78 is 27.8. The van der Waals surface area contributed by atoms with Gasteiger partial charge < -0.3 is 20.4 Å². The standard InChI is InChI=1S/C26H28N4O5S/c31-25(29-18-7-16-27-17-19-29)20-28-26(32)21-12-14-24(15-13-21)36(33,34)30(22-8-3-1-4-9-22)35-23-10-5-2-6-11-23/h1-6,8-15,27H,7,16-20H2,(H,28,32). The second-order valence-corrected chi connectivity index (χ2v) is 9.92. The second-order valence-electron chi connectivity index (χ2n) is 8.16. The van der Waals surface area contributed by atoms with E-state index in [1.54, 1.807) is 65.6 Å². The van der Waals surface area contributed by atoms with Gasteiger partial charge in [0.1, 0.15) is 0 Å². The molecule has 4 rings (SSSR count). The van der Waals surface area contributed by atoms with Crippen LogP contribution < -0.4 is 19.9 Å². The van der Waals surface area contributed by atoms with Crippen LogP contribution in [0.4, 0.5) is 5.69 Å². The number of carbonyl (C=O) groups excluding carboxylic acids is 2. The first-order valence-corrected chi connectivity index (χ1v) is 13.1. The number of nitrogens with one attached hydrogen (secondary N) is 2. The van der Waals surface area contributed by atoms with Crippen molar-refractivity contribution in [2.75, 3.05) is 37.2 Å². The third kappa shape index (κ3) is 6.21. The van der Waals surface area contributed by atoms with Gasteiger partial charge >= 0.3 is 0 Å². The Morgan fingerprint density at radius 3 is 2.25 bits per heavy atom. The number of hydrogen-bond donors (Lipinski definition) is 2. The van der Waals surface area contributed by atoms with Crippen molar-refractivity contribution in [3.8, 4) is 5.75 Å². The van der Waals surface area contributed by atoms with Crippen LogP contribution in [0.5, 0.6) is 5.75 Å². The Hall–Kier alpha value is -3.89. The normalized spacial score (nSPS) is 13.9. The summed E-state index contributed by atoms with van der Waals surface area (Å²) in [6, 6.07) is 22.6. The number of benzene rings is 3. The van der Waals surface area contributed by atoms with Crippen molar-refractivity contribution in [2.45, 2.75) is 11.3 Å². The molecule has 0 spiro atoms. The van der Waals surface area contributed by atoms with Crippen LogP contribution in [0.15, 0.2) is 89.8 Å². The summed E-state index contributed by atoms with van der Waals surface area (Å²) in [5, 5.41) is 5.85. The van der Waals surface area contributed by atoms with Gasteiger partial charge in [0, 0.05) is 25.2 Å². The van der Waals surface area contributed by atoms with E-state index in [9.17, 15) is 18.0 Å². The number of rotatable bonds is 8. The highest BCUT2D eigenvalue weighted by molar-refractivity contribution is 7.92. The Kier molecular flexibility index (Phi) is 8.19. The minimum absolute atomic E-state index is 0.0491. The second kappa shape index (κ2) is 11.7. The molecule has 36 heavy (non-hydrogen) atoms. The van der Waals surface area contributed by atoms with E-state index in [-0.39, 0.29) is 22.9 Å². The summed E-state index contributed by atoms with van der Waals surface area (Å²) in [5.41, 5.74) is 0.569.